The highest BCUT2D eigenvalue weighted by Gasteiger charge is 2.34. The Labute approximate surface area is 230 Å². The van der Waals surface area contributed by atoms with Crippen molar-refractivity contribution in [2.75, 3.05) is 17.1 Å². The average molecular weight is 596 g/mol. The number of carbonyl (C=O) groups is 2. The molecule has 0 fully saturated rings. The predicted molar refractivity (Wildman–Crippen MR) is 143 cm³/mol. The number of rotatable bonds is 11. The second kappa shape index (κ2) is 13.0. The Balaban J connectivity index is 2.52. The van der Waals surface area contributed by atoms with Crippen LogP contribution in [0.5, 0.6) is 0 Å². The van der Waals surface area contributed by atoms with Crippen LogP contribution in [0.3, 0.4) is 0 Å². The lowest BCUT2D eigenvalue weighted by Crippen LogP contribution is -2.53. The topological polar surface area (TPSA) is 86.8 Å². The van der Waals surface area contributed by atoms with E-state index in [1.54, 1.807) is 19.9 Å². The maximum atomic E-state index is 13.6. The first-order chi connectivity index (χ1) is 17.6. The van der Waals surface area contributed by atoms with Crippen LogP contribution in [-0.2, 0) is 32.3 Å². The molecule has 0 aliphatic heterocycles. The summed E-state index contributed by atoms with van der Waals surface area (Å²) in [6.45, 7) is 4.42. The number of amides is 2. The van der Waals surface area contributed by atoms with E-state index in [2.05, 4.69) is 5.32 Å². The van der Waals surface area contributed by atoms with Gasteiger partial charge in [0.05, 0.1) is 27.6 Å². The second-order valence-corrected chi connectivity index (χ2v) is 11.6. The number of alkyl halides is 3. The van der Waals surface area contributed by atoms with Crippen molar-refractivity contribution in [3.63, 3.8) is 0 Å². The smallest absolute Gasteiger partial charge is 0.352 e. The number of nitrogens with zero attached hydrogens (tertiary/aromatic N) is 2. The van der Waals surface area contributed by atoms with Gasteiger partial charge in [-0.1, -0.05) is 49.2 Å². The molecule has 13 heteroatoms. The third kappa shape index (κ3) is 8.51. The third-order valence-corrected chi connectivity index (χ3v) is 7.74. The normalized spacial score (nSPS) is 13.5. The van der Waals surface area contributed by atoms with Crippen molar-refractivity contribution in [2.24, 2.45) is 0 Å². The predicted octanol–water partition coefficient (Wildman–Crippen LogP) is 5.50. The summed E-state index contributed by atoms with van der Waals surface area (Å²) in [5, 5.41) is 3.32. The van der Waals surface area contributed by atoms with Crippen LogP contribution in [0, 0.1) is 0 Å². The number of carbonyl (C=O) groups excluding carboxylic acids is 2. The summed E-state index contributed by atoms with van der Waals surface area (Å²) in [5.41, 5.74) is -0.877. The quantitative estimate of drug-likeness (QED) is 0.371. The van der Waals surface area contributed by atoms with Crippen LogP contribution in [0.4, 0.5) is 18.9 Å². The van der Waals surface area contributed by atoms with Gasteiger partial charge in [0.25, 0.3) is 0 Å². The molecule has 0 radical (unpaired) electrons. The fourth-order valence-electron chi connectivity index (χ4n) is 3.65. The van der Waals surface area contributed by atoms with Gasteiger partial charge in [-0.05, 0) is 55.7 Å². The molecule has 2 aromatic rings. The lowest BCUT2D eigenvalue weighted by atomic mass is 10.1. The molecule has 0 spiro atoms. The molecule has 0 aliphatic carbocycles. The number of anilines is 1. The van der Waals surface area contributed by atoms with E-state index in [0.29, 0.717) is 22.4 Å². The van der Waals surface area contributed by atoms with Crippen LogP contribution in [0.1, 0.15) is 44.7 Å². The minimum Gasteiger partial charge on any atom is -0.352 e. The number of hydrogen-bond acceptors (Lipinski definition) is 4. The molecule has 1 N–H and O–H groups in total. The fourth-order valence-corrected chi connectivity index (χ4v) is 4.81. The fraction of sp³-hybridized carbons (Fsp3) is 0.440. The highest BCUT2D eigenvalue weighted by Crippen LogP contribution is 2.32. The Morgan fingerprint density at radius 3 is 2.21 bits per heavy atom. The van der Waals surface area contributed by atoms with Crippen molar-refractivity contribution in [2.45, 2.75) is 58.4 Å². The van der Waals surface area contributed by atoms with Gasteiger partial charge in [-0.25, -0.2) is 8.42 Å². The van der Waals surface area contributed by atoms with E-state index in [0.717, 1.165) is 18.4 Å². The van der Waals surface area contributed by atoms with Gasteiger partial charge in [0.15, 0.2) is 0 Å². The minimum atomic E-state index is -4.72. The molecule has 38 heavy (non-hydrogen) atoms. The highest BCUT2D eigenvalue weighted by molar-refractivity contribution is 7.92. The zero-order chi connectivity index (χ0) is 28.8. The van der Waals surface area contributed by atoms with Crippen LogP contribution >= 0.6 is 23.2 Å². The number of hydrogen-bond donors (Lipinski definition) is 1. The molecule has 0 bridgehead atoms. The Kier molecular flexibility index (Phi) is 10.9. The van der Waals surface area contributed by atoms with Crippen LogP contribution < -0.4 is 9.62 Å². The van der Waals surface area contributed by atoms with Crippen LogP contribution in [-0.4, -0.2) is 50.0 Å². The molecule has 2 aromatic carbocycles. The lowest BCUT2D eigenvalue weighted by molar-refractivity contribution is -0.140. The summed E-state index contributed by atoms with van der Waals surface area (Å²) in [6, 6.07) is 7.15. The van der Waals surface area contributed by atoms with Gasteiger partial charge >= 0.3 is 6.18 Å². The Morgan fingerprint density at radius 1 is 1.03 bits per heavy atom. The molecule has 210 valence electrons. The lowest BCUT2D eigenvalue weighted by Gasteiger charge is -2.33. The van der Waals surface area contributed by atoms with Crippen molar-refractivity contribution in [1.29, 1.82) is 0 Å². The molecule has 0 aromatic heterocycles. The maximum absolute atomic E-state index is 13.6. The Hall–Kier alpha value is -2.50. The minimum absolute atomic E-state index is 0.123. The van der Waals surface area contributed by atoms with Gasteiger partial charge in [-0.3, -0.25) is 13.9 Å². The second-order valence-electron chi connectivity index (χ2n) is 8.83. The van der Waals surface area contributed by atoms with Gasteiger partial charge in [0.1, 0.15) is 12.6 Å². The Bertz CT molecular complexity index is 1260. The van der Waals surface area contributed by atoms with Gasteiger partial charge < -0.3 is 10.2 Å². The molecule has 2 amide bonds. The molecule has 2 rings (SSSR count). The van der Waals surface area contributed by atoms with E-state index in [-0.39, 0.29) is 34.7 Å². The molecule has 0 saturated heterocycles. The van der Waals surface area contributed by atoms with Crippen molar-refractivity contribution >= 4 is 50.7 Å². The number of nitrogens with one attached hydrogen (secondary N) is 1. The molecule has 0 saturated carbocycles. The van der Waals surface area contributed by atoms with Gasteiger partial charge in [0.2, 0.25) is 21.8 Å². The largest absolute Gasteiger partial charge is 0.416 e. The molecule has 7 nitrogen and oxygen atoms in total. The first-order valence-electron chi connectivity index (χ1n) is 11.8. The maximum Gasteiger partial charge on any atom is 0.416 e. The monoisotopic (exact) mass is 595 g/mol. The molecule has 2 atom stereocenters. The Morgan fingerprint density at radius 2 is 1.68 bits per heavy atom. The van der Waals surface area contributed by atoms with Crippen molar-refractivity contribution in [3.05, 3.63) is 63.6 Å². The van der Waals surface area contributed by atoms with Gasteiger partial charge in [-0.15, -0.1) is 0 Å². The van der Waals surface area contributed by atoms with E-state index < -0.39 is 46.2 Å². The average Bonchev–Trinajstić information content (AvgIpc) is 2.83. The highest BCUT2D eigenvalue weighted by atomic mass is 35.5. The standard InChI is InChI=1S/C25H30Cl2F3N3O4S/c1-5-16(3)31-24(35)22(6-2)32(14-17-10-11-20(26)21(27)12-17)23(34)15-33(38(4,36)37)19-9-7-8-18(13-19)25(28,29)30/h7-13,16,22H,5-6,14-15H2,1-4H3,(H,31,35)/t16-,22-/m0/s1. The molecular weight excluding hydrogens is 566 g/mol. The van der Waals surface area contributed by atoms with Gasteiger partial charge in [0, 0.05) is 12.6 Å². The van der Waals surface area contributed by atoms with Crippen LogP contribution in [0.2, 0.25) is 10.0 Å². The molecule has 0 heterocycles. The summed E-state index contributed by atoms with van der Waals surface area (Å²) in [6.07, 6.45) is -3.10. The van der Waals surface area contributed by atoms with Gasteiger partial charge in [-0.2, -0.15) is 13.2 Å². The van der Waals surface area contributed by atoms with Crippen LogP contribution in [0.25, 0.3) is 0 Å². The molecule has 0 aliphatic rings. The number of halogens is 5. The molecular formula is C25H30Cl2F3N3O4S. The number of benzene rings is 2. The van der Waals surface area contributed by atoms with E-state index in [4.69, 9.17) is 23.2 Å². The SMILES string of the molecule is CC[C@H](C)NC(=O)[C@H](CC)N(Cc1ccc(Cl)c(Cl)c1)C(=O)CN(c1cccc(C(F)(F)F)c1)S(C)(=O)=O. The summed E-state index contributed by atoms with van der Waals surface area (Å²) >= 11 is 12.1. The summed E-state index contributed by atoms with van der Waals surface area (Å²) in [5.74, 6) is -1.23. The molecule has 0 unspecified atom stereocenters. The summed E-state index contributed by atoms with van der Waals surface area (Å²) < 4.78 is 65.7. The first kappa shape index (κ1) is 31.7. The van der Waals surface area contributed by atoms with E-state index in [1.807, 2.05) is 6.92 Å². The third-order valence-electron chi connectivity index (χ3n) is 5.86. The van der Waals surface area contributed by atoms with Crippen molar-refractivity contribution < 1.29 is 31.2 Å². The zero-order valence-corrected chi connectivity index (χ0v) is 23.7. The number of sulfonamides is 1. The first-order valence-corrected chi connectivity index (χ1v) is 14.4. The van der Waals surface area contributed by atoms with E-state index in [1.165, 1.54) is 23.1 Å². The van der Waals surface area contributed by atoms with E-state index in [9.17, 15) is 31.2 Å². The van der Waals surface area contributed by atoms with Crippen LogP contribution in [0.15, 0.2) is 42.5 Å². The van der Waals surface area contributed by atoms with E-state index >= 15 is 0 Å². The summed E-state index contributed by atoms with van der Waals surface area (Å²) in [7, 11) is -4.19. The zero-order valence-electron chi connectivity index (χ0n) is 21.4. The van der Waals surface area contributed by atoms with Crippen molar-refractivity contribution in [3.8, 4) is 0 Å². The summed E-state index contributed by atoms with van der Waals surface area (Å²) in [4.78, 5) is 27.9. The van der Waals surface area contributed by atoms with Crippen molar-refractivity contribution in [1.82, 2.24) is 10.2 Å².